The largest absolute Gasteiger partial charge is 0.361 e. The Bertz CT molecular complexity index is 1120. The number of hydrogen-bond donors (Lipinski definition) is 5. The number of aromatic nitrogens is 1. The van der Waals surface area contributed by atoms with E-state index in [9.17, 15) is 0 Å². The van der Waals surface area contributed by atoms with Crippen molar-refractivity contribution in [2.24, 2.45) is 10.7 Å². The zero-order valence-corrected chi connectivity index (χ0v) is 17.8. The molecular weight excluding hydrogens is 386 g/mol. The van der Waals surface area contributed by atoms with Crippen LogP contribution in [0.2, 0.25) is 0 Å². The van der Waals surface area contributed by atoms with Gasteiger partial charge in [0.1, 0.15) is 0 Å². The van der Waals surface area contributed by atoms with E-state index in [1.165, 1.54) is 5.56 Å². The van der Waals surface area contributed by atoms with Crippen LogP contribution in [0.3, 0.4) is 0 Å². The summed E-state index contributed by atoms with van der Waals surface area (Å²) in [7, 11) is 0. The van der Waals surface area contributed by atoms with Crippen LogP contribution in [-0.4, -0.2) is 42.0 Å². The normalized spacial score (nSPS) is 22.0. The molecule has 7 heteroatoms. The topological polar surface area (TPSA) is 93.5 Å². The Morgan fingerprint density at radius 1 is 1.10 bits per heavy atom. The Morgan fingerprint density at radius 3 is 2.71 bits per heavy atom. The molecule has 1 aromatic heterocycles. The molecule has 2 aliphatic rings. The van der Waals surface area contributed by atoms with Gasteiger partial charge in [0.05, 0.1) is 0 Å². The summed E-state index contributed by atoms with van der Waals surface area (Å²) in [5, 5.41) is 11.1. The minimum atomic E-state index is -0.933. The summed E-state index contributed by atoms with van der Waals surface area (Å²) in [6.07, 6.45) is 3.86. The summed E-state index contributed by atoms with van der Waals surface area (Å²) in [6, 6.07) is 16.7. The highest BCUT2D eigenvalue weighted by molar-refractivity contribution is 5.96. The highest BCUT2D eigenvalue weighted by atomic mass is 15.2. The molecule has 3 aromatic rings. The van der Waals surface area contributed by atoms with Gasteiger partial charge in [-0.3, -0.25) is 10.6 Å². The van der Waals surface area contributed by atoms with E-state index in [1.807, 2.05) is 43.6 Å². The molecular formula is C24H29N7. The molecule has 2 aromatic carbocycles. The van der Waals surface area contributed by atoms with Crippen molar-refractivity contribution < 1.29 is 0 Å². The maximum atomic E-state index is 6.86. The van der Waals surface area contributed by atoms with Gasteiger partial charge in [0, 0.05) is 67.3 Å². The molecule has 0 aliphatic carbocycles. The molecule has 1 atom stereocenters. The number of H-pyrrole nitrogens is 1. The van der Waals surface area contributed by atoms with Crippen LogP contribution in [0.25, 0.3) is 10.9 Å². The molecule has 3 heterocycles. The van der Waals surface area contributed by atoms with E-state index in [2.05, 4.69) is 50.1 Å². The first-order valence-electron chi connectivity index (χ1n) is 10.8. The quantitative estimate of drug-likeness (QED) is 0.452. The Kier molecular flexibility index (Phi) is 5.23. The lowest BCUT2D eigenvalue weighted by molar-refractivity contribution is 0.233. The molecule has 1 saturated heterocycles. The van der Waals surface area contributed by atoms with Crippen LogP contribution in [-0.2, 0) is 12.2 Å². The third-order valence-electron chi connectivity index (χ3n) is 6.15. The third kappa shape index (κ3) is 3.95. The van der Waals surface area contributed by atoms with Crippen LogP contribution < -0.4 is 21.7 Å². The van der Waals surface area contributed by atoms with Gasteiger partial charge in [0.25, 0.3) is 0 Å². The number of hydrogen-bond acceptors (Lipinski definition) is 6. The number of piperazine rings is 1. The highest BCUT2D eigenvalue weighted by Crippen LogP contribution is 2.34. The summed E-state index contributed by atoms with van der Waals surface area (Å²) < 4.78 is 0. The second kappa shape index (κ2) is 8.19. The number of guanidine groups is 1. The summed E-state index contributed by atoms with van der Waals surface area (Å²) in [5.74, 6) is 0.635. The smallest absolute Gasteiger partial charge is 0.202 e. The number of nitrogens with two attached hydrogens (primary N) is 1. The van der Waals surface area contributed by atoms with E-state index in [1.54, 1.807) is 0 Å². The molecule has 5 rings (SSSR count). The van der Waals surface area contributed by atoms with Crippen molar-refractivity contribution in [1.29, 1.82) is 0 Å². The molecule has 1 unspecified atom stereocenters. The molecule has 31 heavy (non-hydrogen) atoms. The number of benzene rings is 2. The predicted octanol–water partition coefficient (Wildman–Crippen LogP) is 2.66. The fraction of sp³-hybridized carbons (Fsp3) is 0.292. The lowest BCUT2D eigenvalue weighted by atomic mass is 9.90. The first-order valence-corrected chi connectivity index (χ1v) is 10.8. The summed E-state index contributed by atoms with van der Waals surface area (Å²) in [4.78, 5) is 10.6. The van der Waals surface area contributed by atoms with Gasteiger partial charge in [0.15, 0.2) is 5.66 Å². The van der Waals surface area contributed by atoms with Crippen molar-refractivity contribution in [3.63, 3.8) is 0 Å². The van der Waals surface area contributed by atoms with Crippen molar-refractivity contribution in [2.45, 2.75) is 19.1 Å². The van der Waals surface area contributed by atoms with E-state index in [-0.39, 0.29) is 0 Å². The lowest BCUT2D eigenvalue weighted by Gasteiger charge is -2.32. The first kappa shape index (κ1) is 19.8. The number of aromatic amines is 1. The highest BCUT2D eigenvalue weighted by Gasteiger charge is 2.33. The van der Waals surface area contributed by atoms with Crippen molar-refractivity contribution in [3.05, 3.63) is 77.6 Å². The Morgan fingerprint density at radius 2 is 1.90 bits per heavy atom. The fourth-order valence-corrected chi connectivity index (χ4v) is 4.30. The lowest BCUT2D eigenvalue weighted by Crippen LogP contribution is -2.44. The van der Waals surface area contributed by atoms with Crippen LogP contribution in [0.5, 0.6) is 0 Å². The van der Waals surface area contributed by atoms with E-state index >= 15 is 0 Å². The monoisotopic (exact) mass is 415 g/mol. The number of nitrogens with one attached hydrogen (secondary N) is 4. The number of fused-ring (bicyclic) bond motifs is 1. The molecule has 0 saturated carbocycles. The average Bonchev–Trinajstić information content (AvgIpc) is 3.27. The molecule has 2 aliphatic heterocycles. The van der Waals surface area contributed by atoms with Gasteiger partial charge in [-0.2, -0.15) is 0 Å². The van der Waals surface area contributed by atoms with Gasteiger partial charge < -0.3 is 20.9 Å². The van der Waals surface area contributed by atoms with E-state index in [4.69, 9.17) is 10.7 Å². The van der Waals surface area contributed by atoms with Crippen LogP contribution >= 0.6 is 0 Å². The van der Waals surface area contributed by atoms with E-state index in [0.717, 1.165) is 60.5 Å². The Balaban J connectivity index is 1.35. The third-order valence-corrected chi connectivity index (χ3v) is 6.15. The van der Waals surface area contributed by atoms with Crippen LogP contribution in [0, 0.1) is 0 Å². The minimum Gasteiger partial charge on any atom is -0.361 e. The number of aliphatic imine (C=N–C) groups is 1. The molecule has 1 fully saturated rings. The van der Waals surface area contributed by atoms with Gasteiger partial charge in [-0.15, -0.1) is 0 Å². The molecule has 0 spiro atoms. The van der Waals surface area contributed by atoms with Gasteiger partial charge in [-0.1, -0.05) is 24.3 Å². The van der Waals surface area contributed by atoms with Crippen LogP contribution in [0.1, 0.15) is 18.1 Å². The standard InChI is InChI=1S/C24H29N7/c1-17-15-28-23(30-24(17,25)21-3-2-4-22-20(21)9-10-27-22)29-19-7-5-18(6-8-19)16-31-13-11-26-12-14-31/h2-10,15,26-27H,11-14,16,25H2,1H3,(H2,28,29,30). The first-order chi connectivity index (χ1) is 15.1. The Hall–Kier alpha value is -3.13. The zero-order chi connectivity index (χ0) is 21.3. The maximum Gasteiger partial charge on any atom is 0.202 e. The van der Waals surface area contributed by atoms with Crippen molar-refractivity contribution >= 4 is 22.5 Å². The van der Waals surface area contributed by atoms with Crippen molar-refractivity contribution in [1.82, 2.24) is 20.5 Å². The van der Waals surface area contributed by atoms with Gasteiger partial charge >= 0.3 is 0 Å². The Labute approximate surface area is 182 Å². The number of rotatable bonds is 4. The molecule has 0 amide bonds. The SMILES string of the molecule is CC1=CNC(Nc2ccc(CN3CCNCC3)cc2)=NC1(N)c1cccc2[nH]ccc12. The van der Waals surface area contributed by atoms with Crippen molar-refractivity contribution in [2.75, 3.05) is 31.5 Å². The fourth-order valence-electron chi connectivity index (χ4n) is 4.30. The molecule has 0 radical (unpaired) electrons. The second-order valence-corrected chi connectivity index (χ2v) is 8.29. The van der Waals surface area contributed by atoms with E-state index in [0.29, 0.717) is 5.96 Å². The van der Waals surface area contributed by atoms with Gasteiger partial charge in [0.2, 0.25) is 5.96 Å². The maximum absolute atomic E-state index is 6.86. The van der Waals surface area contributed by atoms with Gasteiger partial charge in [-0.05, 0) is 42.3 Å². The average molecular weight is 416 g/mol. The van der Waals surface area contributed by atoms with Crippen LogP contribution in [0.15, 0.2) is 71.5 Å². The predicted molar refractivity (Wildman–Crippen MR) is 127 cm³/mol. The minimum absolute atomic E-state index is 0.635. The molecule has 160 valence electrons. The summed E-state index contributed by atoms with van der Waals surface area (Å²) in [6.45, 7) is 7.31. The summed E-state index contributed by atoms with van der Waals surface area (Å²) in [5.41, 5.74) is 11.2. The molecule has 0 bridgehead atoms. The second-order valence-electron chi connectivity index (χ2n) is 8.29. The summed E-state index contributed by atoms with van der Waals surface area (Å²) >= 11 is 0. The van der Waals surface area contributed by atoms with Crippen molar-refractivity contribution in [3.8, 4) is 0 Å². The number of nitrogens with zero attached hydrogens (tertiary/aromatic N) is 2. The van der Waals surface area contributed by atoms with Gasteiger partial charge in [-0.25, -0.2) is 4.99 Å². The zero-order valence-electron chi connectivity index (χ0n) is 17.8. The molecule has 7 nitrogen and oxygen atoms in total. The molecule has 6 N–H and O–H groups in total. The van der Waals surface area contributed by atoms with Crippen LogP contribution in [0.4, 0.5) is 5.69 Å². The number of anilines is 1. The van der Waals surface area contributed by atoms with E-state index < -0.39 is 5.66 Å².